The molecule has 3 N–H and O–H groups in total. The van der Waals surface area contributed by atoms with Crippen molar-refractivity contribution in [1.29, 1.82) is 0 Å². The molecular weight excluding hydrogens is 230 g/mol. The SMILES string of the molecule is CNC(=O)C[C@@H]1Nc2cc(C)c(C)cc2NC1=O. The van der Waals surface area contributed by atoms with Crippen molar-refractivity contribution < 1.29 is 9.59 Å². The topological polar surface area (TPSA) is 70.2 Å². The van der Waals surface area contributed by atoms with Crippen LogP contribution in [0, 0.1) is 13.8 Å². The van der Waals surface area contributed by atoms with E-state index in [1.165, 1.54) is 0 Å². The van der Waals surface area contributed by atoms with Crippen LogP contribution in [0.2, 0.25) is 0 Å². The lowest BCUT2D eigenvalue weighted by Gasteiger charge is -2.27. The van der Waals surface area contributed by atoms with Gasteiger partial charge in [-0.05, 0) is 37.1 Å². The fraction of sp³-hybridized carbons (Fsp3) is 0.385. The lowest BCUT2D eigenvalue weighted by molar-refractivity contribution is -0.124. The molecule has 0 bridgehead atoms. The van der Waals surface area contributed by atoms with Gasteiger partial charge in [0.2, 0.25) is 11.8 Å². The van der Waals surface area contributed by atoms with Crippen molar-refractivity contribution in [3.63, 3.8) is 0 Å². The highest BCUT2D eigenvalue weighted by Gasteiger charge is 2.27. The molecule has 0 radical (unpaired) electrons. The van der Waals surface area contributed by atoms with E-state index in [1.807, 2.05) is 26.0 Å². The summed E-state index contributed by atoms with van der Waals surface area (Å²) in [5.74, 6) is -0.329. The van der Waals surface area contributed by atoms with Crippen LogP contribution in [0.4, 0.5) is 11.4 Å². The van der Waals surface area contributed by atoms with Gasteiger partial charge >= 0.3 is 0 Å². The van der Waals surface area contributed by atoms with Crippen molar-refractivity contribution in [3.8, 4) is 0 Å². The van der Waals surface area contributed by atoms with Gasteiger partial charge in [-0.15, -0.1) is 0 Å². The Bertz CT molecular complexity index is 511. The average molecular weight is 247 g/mol. The Morgan fingerprint density at radius 2 is 1.89 bits per heavy atom. The molecule has 0 aliphatic carbocycles. The smallest absolute Gasteiger partial charge is 0.247 e. The first-order chi connectivity index (χ1) is 8.51. The van der Waals surface area contributed by atoms with Crippen molar-refractivity contribution in [1.82, 2.24) is 5.32 Å². The van der Waals surface area contributed by atoms with Gasteiger partial charge in [0.1, 0.15) is 6.04 Å². The van der Waals surface area contributed by atoms with Gasteiger partial charge in [-0.2, -0.15) is 0 Å². The molecule has 2 rings (SSSR count). The van der Waals surface area contributed by atoms with E-state index in [1.54, 1.807) is 7.05 Å². The number of amides is 2. The summed E-state index contributed by atoms with van der Waals surface area (Å²) in [6.07, 6.45) is 0.134. The monoisotopic (exact) mass is 247 g/mol. The van der Waals surface area contributed by atoms with E-state index < -0.39 is 6.04 Å². The third-order valence-electron chi connectivity index (χ3n) is 3.21. The number of benzene rings is 1. The number of hydrogen-bond donors (Lipinski definition) is 3. The molecule has 18 heavy (non-hydrogen) atoms. The Hall–Kier alpha value is -2.04. The predicted octanol–water partition coefficient (Wildman–Crippen LogP) is 1.17. The van der Waals surface area contributed by atoms with Crippen molar-refractivity contribution in [2.24, 2.45) is 0 Å². The lowest BCUT2D eigenvalue weighted by atomic mass is 10.0. The maximum atomic E-state index is 11.9. The van der Waals surface area contributed by atoms with Gasteiger partial charge < -0.3 is 16.0 Å². The van der Waals surface area contributed by atoms with E-state index in [0.29, 0.717) is 0 Å². The maximum Gasteiger partial charge on any atom is 0.247 e. The van der Waals surface area contributed by atoms with Crippen LogP contribution in [0.15, 0.2) is 12.1 Å². The lowest BCUT2D eigenvalue weighted by Crippen LogP contribution is -2.42. The standard InChI is InChI=1S/C13H17N3O2/c1-7-4-9-10(5-8(7)2)16-13(18)11(15-9)6-12(17)14-3/h4-5,11,15H,6H2,1-3H3,(H,14,17)(H,16,18)/t11-/m0/s1. The molecule has 0 fully saturated rings. The summed E-state index contributed by atoms with van der Waals surface area (Å²) < 4.78 is 0. The van der Waals surface area contributed by atoms with E-state index in [-0.39, 0.29) is 18.2 Å². The van der Waals surface area contributed by atoms with Crippen LogP contribution >= 0.6 is 0 Å². The van der Waals surface area contributed by atoms with Crippen molar-refractivity contribution >= 4 is 23.2 Å². The van der Waals surface area contributed by atoms with Crippen molar-refractivity contribution in [2.45, 2.75) is 26.3 Å². The minimum absolute atomic E-state index is 0.134. The molecule has 5 nitrogen and oxygen atoms in total. The first kappa shape index (κ1) is 12.4. The molecule has 0 saturated carbocycles. The second-order valence-corrected chi connectivity index (χ2v) is 4.55. The summed E-state index contributed by atoms with van der Waals surface area (Å²) in [6.45, 7) is 4.01. The molecular formula is C13H17N3O2. The minimum Gasteiger partial charge on any atom is -0.372 e. The summed E-state index contributed by atoms with van der Waals surface area (Å²) in [7, 11) is 1.56. The molecule has 96 valence electrons. The van der Waals surface area contributed by atoms with E-state index in [2.05, 4.69) is 16.0 Å². The van der Waals surface area contributed by atoms with Crippen LogP contribution in [-0.4, -0.2) is 24.9 Å². The fourth-order valence-electron chi connectivity index (χ4n) is 1.94. The van der Waals surface area contributed by atoms with Crippen molar-refractivity contribution in [3.05, 3.63) is 23.3 Å². The highest BCUT2D eigenvalue weighted by atomic mass is 16.2. The average Bonchev–Trinajstić information content (AvgIpc) is 2.32. The van der Waals surface area contributed by atoms with Gasteiger partial charge in [0, 0.05) is 7.05 Å². The molecule has 0 saturated heterocycles. The summed E-state index contributed by atoms with van der Waals surface area (Å²) in [4.78, 5) is 23.2. The molecule has 2 amide bonds. The first-order valence-electron chi connectivity index (χ1n) is 5.90. The molecule has 1 aliphatic rings. The minimum atomic E-state index is -0.514. The molecule has 0 unspecified atom stereocenters. The number of carbonyl (C=O) groups is 2. The largest absolute Gasteiger partial charge is 0.372 e. The zero-order chi connectivity index (χ0) is 13.3. The Kier molecular flexibility index (Phi) is 3.23. The summed E-state index contributed by atoms with van der Waals surface area (Å²) in [5.41, 5.74) is 3.92. The number of fused-ring (bicyclic) bond motifs is 1. The fourth-order valence-corrected chi connectivity index (χ4v) is 1.94. The normalized spacial score (nSPS) is 17.5. The molecule has 1 aromatic carbocycles. The molecule has 1 aromatic rings. The van der Waals surface area contributed by atoms with Gasteiger partial charge in [-0.25, -0.2) is 0 Å². The molecule has 0 aromatic heterocycles. The van der Waals surface area contributed by atoms with Crippen LogP contribution in [0.1, 0.15) is 17.5 Å². The molecule has 1 atom stereocenters. The number of carbonyl (C=O) groups excluding carboxylic acids is 2. The Labute approximate surface area is 106 Å². The highest BCUT2D eigenvalue weighted by Crippen LogP contribution is 2.30. The number of aryl methyl sites for hydroxylation is 2. The Morgan fingerprint density at radius 1 is 1.28 bits per heavy atom. The summed E-state index contributed by atoms with van der Waals surface area (Å²) in [5, 5.41) is 8.45. The quantitative estimate of drug-likeness (QED) is 0.734. The molecule has 1 aliphatic heterocycles. The number of nitrogens with one attached hydrogen (secondary N) is 3. The van der Waals surface area contributed by atoms with E-state index in [9.17, 15) is 9.59 Å². The Morgan fingerprint density at radius 3 is 2.50 bits per heavy atom. The van der Waals surface area contributed by atoms with E-state index >= 15 is 0 Å². The van der Waals surface area contributed by atoms with Crippen LogP contribution < -0.4 is 16.0 Å². The summed E-state index contributed by atoms with van der Waals surface area (Å²) in [6, 6.07) is 3.41. The molecule has 1 heterocycles. The second kappa shape index (κ2) is 4.68. The van der Waals surface area contributed by atoms with Gasteiger partial charge in [0.25, 0.3) is 0 Å². The Balaban J connectivity index is 2.24. The van der Waals surface area contributed by atoms with Crippen molar-refractivity contribution in [2.75, 3.05) is 17.7 Å². The highest BCUT2D eigenvalue weighted by molar-refractivity contribution is 6.05. The van der Waals surface area contributed by atoms with E-state index in [0.717, 1.165) is 22.5 Å². The number of rotatable bonds is 2. The van der Waals surface area contributed by atoms with Gasteiger partial charge in [0.05, 0.1) is 17.8 Å². The first-order valence-corrected chi connectivity index (χ1v) is 5.90. The van der Waals surface area contributed by atoms with Crippen LogP contribution in [0.25, 0.3) is 0 Å². The second-order valence-electron chi connectivity index (χ2n) is 4.55. The third kappa shape index (κ3) is 2.30. The maximum absolute atomic E-state index is 11.9. The number of hydrogen-bond acceptors (Lipinski definition) is 3. The predicted molar refractivity (Wildman–Crippen MR) is 70.6 cm³/mol. The van der Waals surface area contributed by atoms with Crippen LogP contribution in [0.3, 0.4) is 0 Å². The summed E-state index contributed by atoms with van der Waals surface area (Å²) >= 11 is 0. The number of anilines is 2. The molecule has 5 heteroatoms. The van der Waals surface area contributed by atoms with Gasteiger partial charge in [-0.1, -0.05) is 0 Å². The van der Waals surface area contributed by atoms with Gasteiger partial charge in [0.15, 0.2) is 0 Å². The van der Waals surface area contributed by atoms with Crippen LogP contribution in [-0.2, 0) is 9.59 Å². The zero-order valence-electron chi connectivity index (χ0n) is 10.8. The van der Waals surface area contributed by atoms with Gasteiger partial charge in [-0.3, -0.25) is 9.59 Å². The molecule has 0 spiro atoms. The zero-order valence-corrected chi connectivity index (χ0v) is 10.8. The van der Waals surface area contributed by atoms with E-state index in [4.69, 9.17) is 0 Å². The van der Waals surface area contributed by atoms with Crippen LogP contribution in [0.5, 0.6) is 0 Å². The third-order valence-corrected chi connectivity index (χ3v) is 3.21.